The topological polar surface area (TPSA) is 108 Å². The lowest BCUT2D eigenvalue weighted by atomic mass is 10.0. The van der Waals surface area contributed by atoms with E-state index in [0.717, 1.165) is 141 Å². The smallest absolute Gasteiger partial charge is 0.331 e. The highest BCUT2D eigenvalue weighted by Gasteiger charge is 2.18. The van der Waals surface area contributed by atoms with Gasteiger partial charge < -0.3 is 14.2 Å². The molecule has 1 atom stereocenters. The molecule has 1 unspecified atom stereocenters. The Hall–Kier alpha value is -3.49. The van der Waals surface area contributed by atoms with Gasteiger partial charge >= 0.3 is 17.9 Å². The SMILES string of the molecule is CCCCC/C=C\C/C=C\CCCCCCCC(=O)OCC(COC(=O)CCCCCCC/C=C\C/C=C\CCCCC)OC(=O)C=CC=CC=CCCCCCCCC(CCC)OO. The maximum absolute atomic E-state index is 12.7. The van der Waals surface area contributed by atoms with Crippen LogP contribution in [0.15, 0.2) is 85.1 Å². The van der Waals surface area contributed by atoms with Crippen LogP contribution in [0.3, 0.4) is 0 Å². The molecular weight excluding hydrogens is 813 g/mol. The van der Waals surface area contributed by atoms with Crippen LogP contribution in [-0.2, 0) is 33.5 Å². The van der Waals surface area contributed by atoms with E-state index in [1.807, 2.05) is 12.2 Å². The standard InChI is InChI=1S/C57H96O8/c1-4-7-9-11-13-15-17-19-21-23-27-31-35-39-43-48-55(58)62-51-54(52-63-56(59)49-44-40-36-32-28-24-22-20-18-16-14-12-10-8-5-2)64-57(60)50-45-41-37-33-29-25-26-30-34-38-42-47-53(65-61)46-6-3/h13-16,19-22,29,33,37,41,45,50,53-54,61H,4-12,17-18,23-28,30-32,34-36,38-40,42-44,46-49,51-52H2,1-3H3/b15-13-,16-14-,21-19-,22-20-,33-29?,41-37?,50-45?. The van der Waals surface area contributed by atoms with E-state index >= 15 is 0 Å². The lowest BCUT2D eigenvalue weighted by molar-refractivity contribution is -0.281. The van der Waals surface area contributed by atoms with Gasteiger partial charge in [-0.1, -0.05) is 196 Å². The normalized spacial score (nSPS) is 12.8. The molecule has 0 fully saturated rings. The highest BCUT2D eigenvalue weighted by Crippen LogP contribution is 2.14. The van der Waals surface area contributed by atoms with Crippen LogP contribution in [0.5, 0.6) is 0 Å². The van der Waals surface area contributed by atoms with Crippen molar-refractivity contribution in [2.24, 2.45) is 0 Å². The van der Waals surface area contributed by atoms with Gasteiger partial charge in [-0.25, -0.2) is 9.68 Å². The Morgan fingerprint density at radius 3 is 1.29 bits per heavy atom. The average Bonchev–Trinajstić information content (AvgIpc) is 3.30. The summed E-state index contributed by atoms with van der Waals surface area (Å²) < 4.78 is 16.6. The van der Waals surface area contributed by atoms with Crippen LogP contribution in [0.1, 0.15) is 233 Å². The first-order valence-electron chi connectivity index (χ1n) is 26.4. The van der Waals surface area contributed by atoms with Crippen molar-refractivity contribution in [1.82, 2.24) is 0 Å². The Labute approximate surface area is 398 Å². The summed E-state index contributed by atoms with van der Waals surface area (Å²) in [5.41, 5.74) is 0. The molecule has 0 aromatic rings. The number of unbranched alkanes of at least 4 members (excludes halogenated alkanes) is 21. The first-order chi connectivity index (χ1) is 32.0. The number of rotatable bonds is 47. The molecular formula is C57H96O8. The first kappa shape index (κ1) is 61.5. The van der Waals surface area contributed by atoms with E-state index in [9.17, 15) is 14.4 Å². The molecule has 372 valence electrons. The Morgan fingerprint density at radius 2 is 0.831 bits per heavy atom. The quantitative estimate of drug-likeness (QED) is 0.00940. The van der Waals surface area contributed by atoms with Crippen LogP contribution in [0.25, 0.3) is 0 Å². The second-order valence-electron chi connectivity index (χ2n) is 17.4. The van der Waals surface area contributed by atoms with Crippen molar-refractivity contribution in [1.29, 1.82) is 0 Å². The van der Waals surface area contributed by atoms with Gasteiger partial charge in [0.1, 0.15) is 13.2 Å². The minimum atomic E-state index is -0.890. The molecule has 0 aliphatic carbocycles. The van der Waals surface area contributed by atoms with Crippen molar-refractivity contribution in [3.63, 3.8) is 0 Å². The first-order valence-corrected chi connectivity index (χ1v) is 26.4. The molecule has 0 bridgehead atoms. The molecule has 0 rings (SSSR count). The van der Waals surface area contributed by atoms with Crippen molar-refractivity contribution >= 4 is 17.9 Å². The number of carbonyl (C=O) groups excluding carboxylic acids is 3. The zero-order chi connectivity index (χ0) is 47.4. The molecule has 65 heavy (non-hydrogen) atoms. The van der Waals surface area contributed by atoms with Crippen LogP contribution in [-0.4, -0.2) is 48.6 Å². The Morgan fingerprint density at radius 1 is 0.415 bits per heavy atom. The summed E-state index contributed by atoms with van der Waals surface area (Å²) in [6.45, 7) is 6.23. The summed E-state index contributed by atoms with van der Waals surface area (Å²) in [5, 5.41) is 8.95. The minimum Gasteiger partial charge on any atom is -0.462 e. The number of carbonyl (C=O) groups is 3. The summed E-state index contributed by atoms with van der Waals surface area (Å²) in [6, 6.07) is 0. The number of allylic oxidation sites excluding steroid dienone is 13. The van der Waals surface area contributed by atoms with Crippen LogP contribution in [0.4, 0.5) is 0 Å². The Bertz CT molecular complexity index is 1230. The van der Waals surface area contributed by atoms with Crippen molar-refractivity contribution in [2.75, 3.05) is 13.2 Å². The summed E-state index contributed by atoms with van der Waals surface area (Å²) in [4.78, 5) is 42.4. The molecule has 8 nitrogen and oxygen atoms in total. The number of esters is 3. The monoisotopic (exact) mass is 909 g/mol. The van der Waals surface area contributed by atoms with Gasteiger partial charge in [0.25, 0.3) is 0 Å². The third-order valence-electron chi connectivity index (χ3n) is 11.2. The molecule has 0 radical (unpaired) electrons. The molecule has 0 spiro atoms. The summed E-state index contributed by atoms with van der Waals surface area (Å²) in [7, 11) is 0. The predicted molar refractivity (Wildman–Crippen MR) is 273 cm³/mol. The highest BCUT2D eigenvalue weighted by molar-refractivity contribution is 5.82. The van der Waals surface area contributed by atoms with Gasteiger partial charge in [-0.15, -0.1) is 0 Å². The molecule has 0 heterocycles. The maximum Gasteiger partial charge on any atom is 0.331 e. The van der Waals surface area contributed by atoms with Gasteiger partial charge in [0, 0.05) is 18.9 Å². The average molecular weight is 909 g/mol. The second-order valence-corrected chi connectivity index (χ2v) is 17.4. The number of ether oxygens (including phenoxy) is 3. The fourth-order valence-electron chi connectivity index (χ4n) is 7.17. The zero-order valence-corrected chi connectivity index (χ0v) is 41.8. The molecule has 0 saturated heterocycles. The van der Waals surface area contributed by atoms with E-state index in [0.29, 0.717) is 12.8 Å². The molecule has 0 aliphatic rings. The lowest BCUT2D eigenvalue weighted by Crippen LogP contribution is -2.30. The minimum absolute atomic E-state index is 0.0340. The van der Waals surface area contributed by atoms with E-state index in [-0.39, 0.29) is 31.3 Å². The van der Waals surface area contributed by atoms with E-state index in [1.165, 1.54) is 63.9 Å². The number of hydrogen-bond donors (Lipinski definition) is 1. The third-order valence-corrected chi connectivity index (χ3v) is 11.2. The van der Waals surface area contributed by atoms with Gasteiger partial charge in [0.2, 0.25) is 0 Å². The zero-order valence-electron chi connectivity index (χ0n) is 41.8. The van der Waals surface area contributed by atoms with Crippen LogP contribution < -0.4 is 0 Å². The van der Waals surface area contributed by atoms with Crippen LogP contribution in [0.2, 0.25) is 0 Å². The predicted octanol–water partition coefficient (Wildman–Crippen LogP) is 16.7. The van der Waals surface area contributed by atoms with E-state index < -0.39 is 12.1 Å². The van der Waals surface area contributed by atoms with Gasteiger partial charge in [-0.2, -0.15) is 0 Å². The fraction of sp³-hybridized carbons (Fsp3) is 0.702. The van der Waals surface area contributed by atoms with Gasteiger partial charge in [-0.05, 0) is 103 Å². The van der Waals surface area contributed by atoms with Gasteiger partial charge in [-0.3, -0.25) is 14.8 Å². The van der Waals surface area contributed by atoms with Crippen molar-refractivity contribution in [2.45, 2.75) is 245 Å². The van der Waals surface area contributed by atoms with Crippen molar-refractivity contribution < 1.29 is 38.7 Å². The highest BCUT2D eigenvalue weighted by atomic mass is 17.1. The van der Waals surface area contributed by atoms with Gasteiger partial charge in [0.05, 0.1) is 6.10 Å². The van der Waals surface area contributed by atoms with Crippen molar-refractivity contribution in [3.8, 4) is 0 Å². The fourth-order valence-corrected chi connectivity index (χ4v) is 7.17. The molecule has 0 saturated carbocycles. The van der Waals surface area contributed by atoms with Crippen molar-refractivity contribution in [3.05, 3.63) is 85.1 Å². The molecule has 8 heteroatoms. The summed E-state index contributed by atoms with van der Waals surface area (Å²) in [6.07, 6.45) is 62.3. The Balaban J connectivity index is 4.61. The summed E-state index contributed by atoms with van der Waals surface area (Å²) >= 11 is 0. The molecule has 0 aliphatic heterocycles. The second kappa shape index (κ2) is 51.5. The third kappa shape index (κ3) is 48.3. The van der Waals surface area contributed by atoms with Crippen LogP contribution in [0, 0.1) is 0 Å². The Kier molecular flexibility index (Phi) is 48.7. The van der Waals surface area contributed by atoms with Crippen LogP contribution >= 0.6 is 0 Å². The molecule has 0 aromatic heterocycles. The van der Waals surface area contributed by atoms with E-state index in [2.05, 4.69) is 80.3 Å². The summed E-state index contributed by atoms with van der Waals surface area (Å²) in [5.74, 6) is -1.27. The largest absolute Gasteiger partial charge is 0.462 e. The molecule has 0 amide bonds. The molecule has 1 N–H and O–H groups in total. The maximum atomic E-state index is 12.7. The molecule has 0 aromatic carbocycles. The van der Waals surface area contributed by atoms with E-state index in [1.54, 1.807) is 12.2 Å². The number of hydrogen-bond acceptors (Lipinski definition) is 8. The lowest BCUT2D eigenvalue weighted by Gasteiger charge is -2.17. The van der Waals surface area contributed by atoms with Gasteiger partial charge in [0.15, 0.2) is 6.10 Å². The van der Waals surface area contributed by atoms with E-state index in [4.69, 9.17) is 19.5 Å².